The van der Waals surface area contributed by atoms with Gasteiger partial charge >= 0.3 is 0 Å². The van der Waals surface area contributed by atoms with E-state index in [-0.39, 0.29) is 0 Å². The van der Waals surface area contributed by atoms with Gasteiger partial charge in [-0.3, -0.25) is 4.90 Å². The number of benzene rings is 1. The minimum absolute atomic E-state index is 0.636. The second kappa shape index (κ2) is 8.20. The normalized spacial score (nSPS) is 21.6. The number of likely N-dealkylation sites (tertiary alicyclic amines) is 1. The van der Waals surface area contributed by atoms with Crippen LogP contribution in [0, 0.1) is 0 Å². The van der Waals surface area contributed by atoms with Crippen molar-refractivity contribution in [2.45, 2.75) is 37.1 Å². The summed E-state index contributed by atoms with van der Waals surface area (Å²) in [6.45, 7) is 2.25. The molecule has 2 rings (SSSR count). The van der Waals surface area contributed by atoms with Gasteiger partial charge in [-0.2, -0.15) is 24.4 Å². The highest BCUT2D eigenvalue weighted by molar-refractivity contribution is 8.00. The molecule has 1 aromatic carbocycles. The Morgan fingerprint density at radius 3 is 2.70 bits per heavy atom. The van der Waals surface area contributed by atoms with Crippen molar-refractivity contribution < 1.29 is 4.74 Å². The van der Waals surface area contributed by atoms with Crippen molar-refractivity contribution in [1.29, 1.82) is 0 Å². The minimum atomic E-state index is 0.636. The lowest BCUT2D eigenvalue weighted by molar-refractivity contribution is 0.141. The van der Waals surface area contributed by atoms with Crippen LogP contribution in [0.25, 0.3) is 0 Å². The zero-order valence-electron chi connectivity index (χ0n) is 12.4. The Morgan fingerprint density at radius 2 is 2.10 bits per heavy atom. The topological polar surface area (TPSA) is 12.5 Å². The monoisotopic (exact) mass is 311 g/mol. The Labute approximate surface area is 132 Å². The average molecular weight is 312 g/mol. The van der Waals surface area contributed by atoms with Crippen molar-refractivity contribution >= 4 is 24.4 Å². The van der Waals surface area contributed by atoms with E-state index in [0.717, 1.165) is 18.0 Å². The molecule has 0 aromatic heterocycles. The van der Waals surface area contributed by atoms with Crippen LogP contribution in [-0.2, 0) is 6.54 Å². The molecule has 1 aliphatic heterocycles. The van der Waals surface area contributed by atoms with E-state index in [2.05, 4.69) is 48.0 Å². The molecule has 2 unspecified atom stereocenters. The Balaban J connectivity index is 2.03. The zero-order chi connectivity index (χ0) is 14.4. The zero-order valence-corrected chi connectivity index (χ0v) is 14.1. The van der Waals surface area contributed by atoms with Crippen LogP contribution < -0.4 is 4.74 Å². The van der Waals surface area contributed by atoms with Gasteiger partial charge in [0.15, 0.2) is 0 Å². The molecule has 0 spiro atoms. The minimum Gasteiger partial charge on any atom is -0.497 e. The molecule has 0 radical (unpaired) electrons. The summed E-state index contributed by atoms with van der Waals surface area (Å²) in [5, 5.41) is 0.636. The summed E-state index contributed by atoms with van der Waals surface area (Å²) in [6.07, 6.45) is 6.19. The van der Waals surface area contributed by atoms with Crippen molar-refractivity contribution in [3.63, 3.8) is 0 Å². The molecule has 0 amide bonds. The van der Waals surface area contributed by atoms with Crippen molar-refractivity contribution in [2.75, 3.05) is 25.7 Å². The molecule has 1 aromatic rings. The number of hydrogen-bond acceptors (Lipinski definition) is 4. The number of nitrogens with zero attached hydrogens (tertiary/aromatic N) is 1. The number of thioether (sulfide) groups is 1. The van der Waals surface area contributed by atoms with Gasteiger partial charge in [-0.1, -0.05) is 18.6 Å². The number of piperidine rings is 1. The predicted molar refractivity (Wildman–Crippen MR) is 92.2 cm³/mol. The van der Waals surface area contributed by atoms with Crippen LogP contribution in [0.5, 0.6) is 5.75 Å². The molecule has 1 aliphatic rings. The van der Waals surface area contributed by atoms with Crippen LogP contribution in [0.15, 0.2) is 24.3 Å². The molecule has 0 saturated carbocycles. The Hall–Kier alpha value is -0.320. The van der Waals surface area contributed by atoms with E-state index in [9.17, 15) is 0 Å². The highest BCUT2D eigenvalue weighted by Crippen LogP contribution is 2.28. The molecule has 1 saturated heterocycles. The van der Waals surface area contributed by atoms with Crippen LogP contribution in [0.3, 0.4) is 0 Å². The second-order valence-corrected chi connectivity index (χ2v) is 6.78. The first-order valence-electron chi connectivity index (χ1n) is 7.29. The fourth-order valence-corrected chi connectivity index (χ4v) is 4.41. The summed E-state index contributed by atoms with van der Waals surface area (Å²) in [5.41, 5.74) is 1.37. The summed E-state index contributed by atoms with van der Waals surface area (Å²) < 4.78 is 5.23. The lowest BCUT2D eigenvalue weighted by atomic mass is 9.98. The molecule has 0 bridgehead atoms. The standard InChI is InChI=1S/C16H25NOS2/c1-18-14-8-6-13(7-9-14)11-17-10-4-3-5-15(17)16(12-19)20-2/h6-9,15-16,19H,3-5,10-12H2,1-2H3. The summed E-state index contributed by atoms with van der Waals surface area (Å²) in [7, 11) is 1.71. The average Bonchev–Trinajstić information content (AvgIpc) is 2.51. The summed E-state index contributed by atoms with van der Waals surface area (Å²) in [6, 6.07) is 9.13. The van der Waals surface area contributed by atoms with E-state index in [4.69, 9.17) is 4.74 Å². The van der Waals surface area contributed by atoms with Crippen LogP contribution in [0.1, 0.15) is 24.8 Å². The SMILES string of the molecule is COc1ccc(CN2CCCCC2C(CS)SC)cc1. The third-order valence-electron chi connectivity index (χ3n) is 4.12. The van der Waals surface area contributed by atoms with Crippen molar-refractivity contribution in [2.24, 2.45) is 0 Å². The molecule has 4 heteroatoms. The fraction of sp³-hybridized carbons (Fsp3) is 0.625. The van der Waals surface area contributed by atoms with E-state index in [0.29, 0.717) is 11.3 Å². The Bertz CT molecular complexity index is 392. The first kappa shape index (κ1) is 16.1. The van der Waals surface area contributed by atoms with Crippen molar-refractivity contribution in [3.05, 3.63) is 29.8 Å². The van der Waals surface area contributed by atoms with Gasteiger partial charge in [0.2, 0.25) is 0 Å². The van der Waals surface area contributed by atoms with Gasteiger partial charge in [-0.25, -0.2) is 0 Å². The fourth-order valence-electron chi connectivity index (χ4n) is 2.95. The molecule has 20 heavy (non-hydrogen) atoms. The van der Waals surface area contributed by atoms with E-state index in [1.807, 2.05) is 11.8 Å². The maximum atomic E-state index is 5.23. The molecular weight excluding hydrogens is 286 g/mol. The smallest absolute Gasteiger partial charge is 0.118 e. The Kier molecular flexibility index (Phi) is 6.59. The molecule has 1 heterocycles. The van der Waals surface area contributed by atoms with Gasteiger partial charge in [-0.15, -0.1) is 0 Å². The molecule has 2 atom stereocenters. The third-order valence-corrected chi connectivity index (χ3v) is 5.85. The molecular formula is C16H25NOS2. The van der Waals surface area contributed by atoms with Crippen molar-refractivity contribution in [3.8, 4) is 5.75 Å². The predicted octanol–water partition coefficient (Wildman–Crippen LogP) is 3.71. The number of methoxy groups -OCH3 is 1. The van der Waals surface area contributed by atoms with Crippen LogP contribution >= 0.6 is 24.4 Å². The highest BCUT2D eigenvalue weighted by Gasteiger charge is 2.28. The van der Waals surface area contributed by atoms with E-state index < -0.39 is 0 Å². The van der Waals surface area contributed by atoms with E-state index in [1.165, 1.54) is 31.4 Å². The number of thiol groups is 1. The van der Waals surface area contributed by atoms with Crippen molar-refractivity contribution in [1.82, 2.24) is 4.90 Å². The Morgan fingerprint density at radius 1 is 1.35 bits per heavy atom. The van der Waals surface area contributed by atoms with Crippen LogP contribution in [-0.4, -0.2) is 41.9 Å². The number of ether oxygens (including phenoxy) is 1. The van der Waals surface area contributed by atoms with Gasteiger partial charge in [-0.05, 0) is 43.3 Å². The third kappa shape index (κ3) is 4.09. The second-order valence-electron chi connectivity index (χ2n) is 5.34. The first-order valence-corrected chi connectivity index (χ1v) is 9.21. The summed E-state index contributed by atoms with van der Waals surface area (Å²) >= 11 is 6.49. The van der Waals surface area contributed by atoms with Crippen LogP contribution in [0.4, 0.5) is 0 Å². The molecule has 0 aliphatic carbocycles. The highest BCUT2D eigenvalue weighted by atomic mass is 32.2. The van der Waals surface area contributed by atoms with Gasteiger partial charge in [0, 0.05) is 23.6 Å². The van der Waals surface area contributed by atoms with Gasteiger partial charge in [0.05, 0.1) is 7.11 Å². The first-order chi connectivity index (χ1) is 9.78. The van der Waals surface area contributed by atoms with Gasteiger partial charge in [0.25, 0.3) is 0 Å². The largest absolute Gasteiger partial charge is 0.497 e. The maximum absolute atomic E-state index is 5.23. The lowest BCUT2D eigenvalue weighted by Crippen LogP contribution is -2.45. The van der Waals surface area contributed by atoms with E-state index >= 15 is 0 Å². The molecule has 1 fully saturated rings. The molecule has 2 nitrogen and oxygen atoms in total. The number of rotatable bonds is 6. The summed E-state index contributed by atoms with van der Waals surface area (Å²) in [5.74, 6) is 1.89. The number of hydrogen-bond donors (Lipinski definition) is 1. The lowest BCUT2D eigenvalue weighted by Gasteiger charge is -2.39. The molecule has 112 valence electrons. The summed E-state index contributed by atoms with van der Waals surface area (Å²) in [4.78, 5) is 2.64. The maximum Gasteiger partial charge on any atom is 0.118 e. The van der Waals surface area contributed by atoms with E-state index in [1.54, 1.807) is 7.11 Å². The van der Waals surface area contributed by atoms with Gasteiger partial charge < -0.3 is 4.74 Å². The van der Waals surface area contributed by atoms with Gasteiger partial charge in [0.1, 0.15) is 5.75 Å². The van der Waals surface area contributed by atoms with Crippen LogP contribution in [0.2, 0.25) is 0 Å². The quantitative estimate of drug-likeness (QED) is 0.805. The molecule has 0 N–H and O–H groups in total.